The minimum atomic E-state index is -0.367. The Morgan fingerprint density at radius 1 is 1.50 bits per heavy atom. The minimum absolute atomic E-state index is 0.342. The lowest BCUT2D eigenvalue weighted by Gasteiger charge is -2.25. The molecule has 1 aliphatic carbocycles. The highest BCUT2D eigenvalue weighted by atomic mass is 32.2. The Labute approximate surface area is 102 Å². The van der Waals surface area contributed by atoms with Gasteiger partial charge in [-0.25, -0.2) is 0 Å². The van der Waals surface area contributed by atoms with Gasteiger partial charge in [-0.15, -0.1) is 0 Å². The van der Waals surface area contributed by atoms with E-state index in [1.165, 1.54) is 12.8 Å². The van der Waals surface area contributed by atoms with E-state index in [1.807, 2.05) is 18.7 Å². The van der Waals surface area contributed by atoms with Crippen LogP contribution in [0.4, 0.5) is 0 Å². The molecule has 0 aromatic carbocycles. The summed E-state index contributed by atoms with van der Waals surface area (Å²) >= 11 is 1.88. The first-order valence-electron chi connectivity index (χ1n) is 6.05. The molecule has 1 saturated carbocycles. The average Bonchev–Trinajstić information content (AvgIpc) is 2.97. The molecule has 3 nitrogen and oxygen atoms in total. The van der Waals surface area contributed by atoms with Gasteiger partial charge in [0.1, 0.15) is 5.54 Å². The third kappa shape index (κ3) is 3.13. The van der Waals surface area contributed by atoms with Crippen LogP contribution in [0.2, 0.25) is 0 Å². The molecule has 0 aromatic rings. The van der Waals surface area contributed by atoms with Crippen molar-refractivity contribution in [3.05, 3.63) is 0 Å². The predicted octanol–water partition coefficient (Wildman–Crippen LogP) is 1.93. The molecule has 1 N–H and O–H groups in total. The van der Waals surface area contributed by atoms with Gasteiger partial charge in [0.2, 0.25) is 0 Å². The second-order valence-corrected chi connectivity index (χ2v) is 6.30. The Bertz CT molecular complexity index is 287. The molecule has 0 spiro atoms. The van der Waals surface area contributed by atoms with E-state index >= 15 is 0 Å². The van der Waals surface area contributed by atoms with Gasteiger partial charge >= 0.3 is 0 Å². The van der Waals surface area contributed by atoms with Crippen molar-refractivity contribution in [2.45, 2.75) is 56.0 Å². The van der Waals surface area contributed by atoms with Crippen molar-refractivity contribution in [2.24, 2.45) is 0 Å². The molecule has 0 amide bonds. The van der Waals surface area contributed by atoms with Gasteiger partial charge in [-0.3, -0.25) is 5.32 Å². The van der Waals surface area contributed by atoms with E-state index in [4.69, 9.17) is 4.74 Å². The van der Waals surface area contributed by atoms with E-state index in [0.717, 1.165) is 18.8 Å². The molecule has 2 fully saturated rings. The fourth-order valence-corrected chi connectivity index (χ4v) is 3.30. The Morgan fingerprint density at radius 2 is 2.25 bits per heavy atom. The molecule has 1 saturated heterocycles. The average molecular weight is 240 g/mol. The number of nitrogens with zero attached hydrogens (tertiary/aromatic N) is 1. The maximum atomic E-state index is 9.24. The largest absolute Gasteiger partial charge is 0.377 e. The van der Waals surface area contributed by atoms with E-state index in [2.05, 4.69) is 18.3 Å². The van der Waals surface area contributed by atoms with Crippen LogP contribution >= 0.6 is 11.8 Å². The summed E-state index contributed by atoms with van der Waals surface area (Å²) in [4.78, 5) is 0. The van der Waals surface area contributed by atoms with Crippen LogP contribution in [-0.2, 0) is 4.74 Å². The number of rotatable bonds is 5. The van der Waals surface area contributed by atoms with Crippen molar-refractivity contribution in [3.63, 3.8) is 0 Å². The summed E-state index contributed by atoms with van der Waals surface area (Å²) in [6.07, 6.45) is 3.92. The van der Waals surface area contributed by atoms with E-state index in [9.17, 15) is 5.26 Å². The molecule has 2 aliphatic rings. The minimum Gasteiger partial charge on any atom is -0.377 e. The first-order chi connectivity index (χ1) is 7.63. The molecule has 3 unspecified atom stereocenters. The smallest absolute Gasteiger partial charge is 0.113 e. The Kier molecular flexibility index (Phi) is 3.78. The number of ether oxygens (including phenoxy) is 1. The lowest BCUT2D eigenvalue weighted by Crippen LogP contribution is -2.45. The van der Waals surface area contributed by atoms with E-state index in [1.54, 1.807) is 0 Å². The molecule has 0 bridgehead atoms. The van der Waals surface area contributed by atoms with Crippen LogP contribution in [0.1, 0.15) is 33.1 Å². The van der Waals surface area contributed by atoms with Crippen LogP contribution in [0.3, 0.4) is 0 Å². The summed E-state index contributed by atoms with van der Waals surface area (Å²) in [5.74, 6) is 0.859. The lowest BCUT2D eigenvalue weighted by atomic mass is 10.1. The summed E-state index contributed by atoms with van der Waals surface area (Å²) in [6.45, 7) is 5.01. The molecule has 2 rings (SSSR count). The van der Waals surface area contributed by atoms with E-state index in [-0.39, 0.29) is 5.54 Å². The van der Waals surface area contributed by atoms with E-state index in [0.29, 0.717) is 17.4 Å². The molecular weight excluding hydrogens is 220 g/mol. The monoisotopic (exact) mass is 240 g/mol. The van der Waals surface area contributed by atoms with Gasteiger partial charge in [0, 0.05) is 23.7 Å². The van der Waals surface area contributed by atoms with Gasteiger partial charge in [0.05, 0.1) is 12.2 Å². The maximum Gasteiger partial charge on any atom is 0.113 e. The topological polar surface area (TPSA) is 45.0 Å². The van der Waals surface area contributed by atoms with Crippen LogP contribution in [0.15, 0.2) is 0 Å². The fraction of sp³-hybridized carbons (Fsp3) is 0.917. The van der Waals surface area contributed by atoms with Crippen molar-refractivity contribution in [2.75, 3.05) is 12.4 Å². The number of hydrogen-bond donors (Lipinski definition) is 1. The van der Waals surface area contributed by atoms with Crippen molar-refractivity contribution >= 4 is 11.8 Å². The SMILES string of the molecule is CC1OCCC1SCC(C)(C#N)NC1CC1. The first kappa shape index (κ1) is 12.2. The van der Waals surface area contributed by atoms with Gasteiger partial charge in [-0.05, 0) is 33.1 Å². The summed E-state index contributed by atoms with van der Waals surface area (Å²) in [6, 6.07) is 3.00. The van der Waals surface area contributed by atoms with Crippen LogP contribution in [0, 0.1) is 11.3 Å². The van der Waals surface area contributed by atoms with Gasteiger partial charge in [-0.2, -0.15) is 17.0 Å². The molecule has 1 aliphatic heterocycles. The predicted molar refractivity (Wildman–Crippen MR) is 66.5 cm³/mol. The van der Waals surface area contributed by atoms with Crippen molar-refractivity contribution in [3.8, 4) is 6.07 Å². The molecule has 1 heterocycles. The van der Waals surface area contributed by atoms with Gasteiger partial charge in [0.15, 0.2) is 0 Å². The zero-order chi connectivity index (χ0) is 11.6. The third-order valence-electron chi connectivity index (χ3n) is 3.24. The Hall–Kier alpha value is -0.240. The number of hydrogen-bond acceptors (Lipinski definition) is 4. The molecular formula is C12H20N2OS. The highest BCUT2D eigenvalue weighted by Crippen LogP contribution is 2.30. The molecule has 16 heavy (non-hydrogen) atoms. The van der Waals surface area contributed by atoms with Gasteiger partial charge < -0.3 is 4.74 Å². The number of nitrogens with one attached hydrogen (secondary N) is 1. The summed E-state index contributed by atoms with van der Waals surface area (Å²) in [7, 11) is 0. The summed E-state index contributed by atoms with van der Waals surface area (Å²) < 4.78 is 5.53. The molecule has 4 heteroatoms. The number of thioether (sulfide) groups is 1. The zero-order valence-electron chi connectivity index (χ0n) is 10.0. The quantitative estimate of drug-likeness (QED) is 0.797. The highest BCUT2D eigenvalue weighted by Gasteiger charge is 2.34. The number of nitriles is 1. The van der Waals surface area contributed by atoms with Crippen molar-refractivity contribution in [1.29, 1.82) is 5.26 Å². The van der Waals surface area contributed by atoms with Gasteiger partial charge in [0.25, 0.3) is 0 Å². The fourth-order valence-electron chi connectivity index (χ4n) is 1.99. The first-order valence-corrected chi connectivity index (χ1v) is 7.10. The van der Waals surface area contributed by atoms with Crippen LogP contribution in [0.25, 0.3) is 0 Å². The van der Waals surface area contributed by atoms with E-state index < -0.39 is 0 Å². The van der Waals surface area contributed by atoms with Crippen LogP contribution < -0.4 is 5.32 Å². The molecule has 0 radical (unpaired) electrons. The molecule has 0 aromatic heterocycles. The molecule has 90 valence electrons. The van der Waals surface area contributed by atoms with Gasteiger partial charge in [-0.1, -0.05) is 0 Å². The van der Waals surface area contributed by atoms with Crippen LogP contribution in [0.5, 0.6) is 0 Å². The maximum absolute atomic E-state index is 9.24. The lowest BCUT2D eigenvalue weighted by molar-refractivity contribution is 0.127. The standard InChI is InChI=1S/C12H20N2OS/c1-9-11(5-6-15-9)16-8-12(2,7-13)14-10-3-4-10/h9-11,14H,3-6,8H2,1-2H3. The summed E-state index contributed by atoms with van der Waals surface area (Å²) in [5.41, 5.74) is -0.367. The Balaban J connectivity index is 1.79. The third-order valence-corrected chi connectivity index (χ3v) is 5.03. The zero-order valence-corrected chi connectivity index (χ0v) is 10.8. The molecule has 3 atom stereocenters. The second-order valence-electron chi connectivity index (χ2n) is 5.08. The highest BCUT2D eigenvalue weighted by molar-refractivity contribution is 8.00. The Morgan fingerprint density at radius 3 is 2.75 bits per heavy atom. The van der Waals surface area contributed by atoms with Crippen LogP contribution in [-0.4, -0.2) is 35.3 Å². The summed E-state index contributed by atoms with van der Waals surface area (Å²) in [5, 5.41) is 13.2. The van der Waals surface area contributed by atoms with Crippen molar-refractivity contribution in [1.82, 2.24) is 5.32 Å². The second kappa shape index (κ2) is 4.95. The normalized spacial score (nSPS) is 33.3. The van der Waals surface area contributed by atoms with Crippen molar-refractivity contribution < 1.29 is 4.74 Å².